The average Bonchev–Trinajstić information content (AvgIpc) is 3.21. The van der Waals surface area contributed by atoms with Crippen molar-refractivity contribution in [2.24, 2.45) is 0 Å². The Balaban J connectivity index is 1.17. The van der Waals surface area contributed by atoms with Crippen LogP contribution in [0, 0.1) is 0 Å². The van der Waals surface area contributed by atoms with Crippen LogP contribution < -0.4 is 9.64 Å². The van der Waals surface area contributed by atoms with E-state index >= 15 is 0 Å². The number of halogens is 2. The van der Waals surface area contributed by atoms with E-state index in [0.29, 0.717) is 48.0 Å². The number of carbonyl (C=O) groups is 3. The predicted octanol–water partition coefficient (Wildman–Crippen LogP) is 6.07. The normalized spacial score (nSPS) is 16.8. The number of benzene rings is 3. The van der Waals surface area contributed by atoms with E-state index in [1.807, 2.05) is 66.7 Å². The van der Waals surface area contributed by atoms with E-state index in [4.69, 9.17) is 16.3 Å². The summed E-state index contributed by atoms with van der Waals surface area (Å²) in [7, 11) is 0. The number of ether oxygens (including phenoxy) is 1. The minimum absolute atomic E-state index is 0.226. The molecule has 2 fully saturated rings. The zero-order valence-electron chi connectivity index (χ0n) is 20.9. The number of thioether (sulfide) groups is 1. The SMILES string of the molecule is O=C(CN1C(=O)S/C(=C/c2ccc(OCc3ccc(Cl)cc3)c(Br)c2)C1=O)N1CCN(c2ccccc2)CC1. The number of imide groups is 1. The monoisotopic (exact) mass is 625 g/mol. The van der Waals surface area contributed by atoms with E-state index in [9.17, 15) is 14.4 Å². The Morgan fingerprint density at radius 2 is 1.69 bits per heavy atom. The highest BCUT2D eigenvalue weighted by Crippen LogP contribution is 2.34. The molecule has 2 aliphatic heterocycles. The summed E-state index contributed by atoms with van der Waals surface area (Å²) in [4.78, 5) is 43.8. The first kappa shape index (κ1) is 27.3. The quantitative estimate of drug-likeness (QED) is 0.297. The summed E-state index contributed by atoms with van der Waals surface area (Å²) in [5.74, 6) is -0.0372. The molecule has 10 heteroatoms. The number of carbonyl (C=O) groups excluding carboxylic acids is 3. The van der Waals surface area contributed by atoms with E-state index in [1.54, 1.807) is 17.0 Å². The Kier molecular flexibility index (Phi) is 8.60. The first-order valence-electron chi connectivity index (χ1n) is 12.4. The highest BCUT2D eigenvalue weighted by molar-refractivity contribution is 9.10. The van der Waals surface area contributed by atoms with Crippen LogP contribution >= 0.6 is 39.3 Å². The summed E-state index contributed by atoms with van der Waals surface area (Å²) >= 11 is 10.3. The summed E-state index contributed by atoms with van der Waals surface area (Å²) in [5, 5.41) is 0.226. The molecule has 3 aromatic carbocycles. The van der Waals surface area contributed by atoms with Crippen LogP contribution in [0.1, 0.15) is 11.1 Å². The Labute approximate surface area is 244 Å². The molecule has 200 valence electrons. The smallest absolute Gasteiger partial charge is 0.294 e. The van der Waals surface area contributed by atoms with Crippen LogP contribution in [0.25, 0.3) is 6.08 Å². The third kappa shape index (κ3) is 6.66. The summed E-state index contributed by atoms with van der Waals surface area (Å²) in [6.07, 6.45) is 1.65. The van der Waals surface area contributed by atoms with Crippen LogP contribution in [-0.2, 0) is 16.2 Å². The number of amides is 3. The van der Waals surface area contributed by atoms with Crippen LogP contribution in [0.5, 0.6) is 5.75 Å². The Hall–Kier alpha value is -3.27. The van der Waals surface area contributed by atoms with Crippen molar-refractivity contribution in [2.45, 2.75) is 6.61 Å². The van der Waals surface area contributed by atoms with Crippen LogP contribution in [0.15, 0.2) is 82.2 Å². The zero-order valence-corrected chi connectivity index (χ0v) is 24.0. The van der Waals surface area contributed by atoms with E-state index in [0.717, 1.165) is 33.5 Å². The second-order valence-electron chi connectivity index (χ2n) is 9.08. The van der Waals surface area contributed by atoms with Crippen molar-refractivity contribution in [3.63, 3.8) is 0 Å². The molecular weight excluding hydrogens is 602 g/mol. The van der Waals surface area contributed by atoms with Gasteiger partial charge in [-0.05, 0) is 81.3 Å². The molecule has 0 aromatic heterocycles. The molecule has 0 saturated carbocycles. The van der Waals surface area contributed by atoms with Gasteiger partial charge >= 0.3 is 0 Å². The van der Waals surface area contributed by atoms with Crippen LogP contribution in [0.4, 0.5) is 10.5 Å². The largest absolute Gasteiger partial charge is 0.488 e. The first-order valence-corrected chi connectivity index (χ1v) is 14.4. The summed E-state index contributed by atoms with van der Waals surface area (Å²) in [6, 6.07) is 22.9. The molecule has 2 aliphatic rings. The Morgan fingerprint density at radius 3 is 2.38 bits per heavy atom. The van der Waals surface area contributed by atoms with Gasteiger partial charge in [0.2, 0.25) is 5.91 Å². The third-order valence-electron chi connectivity index (χ3n) is 6.48. The predicted molar refractivity (Wildman–Crippen MR) is 158 cm³/mol. The molecule has 7 nitrogen and oxygen atoms in total. The van der Waals surface area contributed by atoms with E-state index in [2.05, 4.69) is 20.8 Å². The maximum absolute atomic E-state index is 13.0. The van der Waals surface area contributed by atoms with Crippen molar-refractivity contribution in [3.8, 4) is 5.75 Å². The van der Waals surface area contributed by atoms with Gasteiger partial charge in [-0.3, -0.25) is 19.3 Å². The topological polar surface area (TPSA) is 70.2 Å². The fourth-order valence-electron chi connectivity index (χ4n) is 4.34. The number of nitrogens with zero attached hydrogens (tertiary/aromatic N) is 3. The van der Waals surface area contributed by atoms with Gasteiger partial charge < -0.3 is 14.5 Å². The van der Waals surface area contributed by atoms with Crippen LogP contribution in [0.3, 0.4) is 0 Å². The molecule has 0 aliphatic carbocycles. The van der Waals surface area contributed by atoms with Gasteiger partial charge in [-0.2, -0.15) is 0 Å². The second-order valence-corrected chi connectivity index (χ2v) is 11.4. The van der Waals surface area contributed by atoms with Crippen molar-refractivity contribution >= 4 is 68.1 Å². The fraction of sp³-hybridized carbons (Fsp3) is 0.207. The van der Waals surface area contributed by atoms with E-state index < -0.39 is 11.1 Å². The van der Waals surface area contributed by atoms with Crippen LogP contribution in [-0.4, -0.2) is 59.6 Å². The van der Waals surface area contributed by atoms with Gasteiger partial charge in [0.05, 0.1) is 9.38 Å². The minimum Gasteiger partial charge on any atom is -0.488 e. The number of hydrogen-bond acceptors (Lipinski definition) is 6. The maximum atomic E-state index is 13.0. The second kappa shape index (κ2) is 12.3. The van der Waals surface area contributed by atoms with Crippen LogP contribution in [0.2, 0.25) is 5.02 Å². The van der Waals surface area contributed by atoms with Gasteiger partial charge in [0.25, 0.3) is 11.1 Å². The summed E-state index contributed by atoms with van der Waals surface area (Å²) < 4.78 is 6.60. The highest BCUT2D eigenvalue weighted by Gasteiger charge is 2.37. The minimum atomic E-state index is -0.458. The lowest BCUT2D eigenvalue weighted by molar-refractivity contribution is -0.136. The lowest BCUT2D eigenvalue weighted by Crippen LogP contribution is -2.51. The fourth-order valence-corrected chi connectivity index (χ4v) is 5.82. The van der Waals surface area contributed by atoms with Crippen molar-refractivity contribution in [3.05, 3.63) is 98.3 Å². The molecule has 39 heavy (non-hydrogen) atoms. The standard InChI is InChI=1S/C29H25BrClN3O4S/c30-24-16-21(8-11-25(24)38-19-20-6-9-22(31)10-7-20)17-26-28(36)34(29(37)39-26)18-27(35)33-14-12-32(13-15-33)23-4-2-1-3-5-23/h1-11,16-17H,12-15,18-19H2/b26-17+. The molecule has 3 amide bonds. The number of anilines is 1. The molecule has 0 N–H and O–H groups in total. The van der Waals surface area contributed by atoms with Crippen molar-refractivity contribution < 1.29 is 19.1 Å². The van der Waals surface area contributed by atoms with Gasteiger partial charge in [0, 0.05) is 36.9 Å². The first-order chi connectivity index (χ1) is 18.9. The number of para-hydroxylation sites is 1. The average molecular weight is 627 g/mol. The Bertz CT molecular complexity index is 1410. The van der Waals surface area contributed by atoms with Gasteiger partial charge in [-0.1, -0.05) is 48.0 Å². The lowest BCUT2D eigenvalue weighted by Gasteiger charge is -2.36. The Morgan fingerprint density at radius 1 is 0.974 bits per heavy atom. The molecule has 0 bridgehead atoms. The van der Waals surface area contributed by atoms with Crippen molar-refractivity contribution in [2.75, 3.05) is 37.6 Å². The van der Waals surface area contributed by atoms with Gasteiger partial charge in [-0.15, -0.1) is 0 Å². The van der Waals surface area contributed by atoms with Gasteiger partial charge in [0.15, 0.2) is 0 Å². The van der Waals surface area contributed by atoms with E-state index in [-0.39, 0.29) is 17.4 Å². The molecule has 2 heterocycles. The molecule has 0 radical (unpaired) electrons. The molecule has 0 unspecified atom stereocenters. The summed E-state index contributed by atoms with van der Waals surface area (Å²) in [6.45, 7) is 2.61. The van der Waals surface area contributed by atoms with Gasteiger partial charge in [-0.25, -0.2) is 0 Å². The zero-order chi connectivity index (χ0) is 27.4. The lowest BCUT2D eigenvalue weighted by atomic mass is 10.2. The number of piperazine rings is 1. The molecule has 3 aromatic rings. The van der Waals surface area contributed by atoms with Crippen molar-refractivity contribution in [1.29, 1.82) is 0 Å². The summed E-state index contributed by atoms with van der Waals surface area (Å²) in [5.41, 5.74) is 2.83. The van der Waals surface area contributed by atoms with Crippen molar-refractivity contribution in [1.82, 2.24) is 9.80 Å². The van der Waals surface area contributed by atoms with Gasteiger partial charge in [0.1, 0.15) is 18.9 Å². The molecular formula is C29H25BrClN3O4S. The number of rotatable bonds is 7. The molecule has 0 atom stereocenters. The molecule has 5 rings (SSSR count). The third-order valence-corrected chi connectivity index (χ3v) is 8.26. The maximum Gasteiger partial charge on any atom is 0.294 e. The molecule has 2 saturated heterocycles. The highest BCUT2D eigenvalue weighted by atomic mass is 79.9. The van der Waals surface area contributed by atoms with E-state index in [1.165, 1.54) is 0 Å². The number of hydrogen-bond donors (Lipinski definition) is 0. The molecule has 0 spiro atoms.